The molecular formula is C20H24ClNO3. The molecule has 0 unspecified atom stereocenters. The second kappa shape index (κ2) is 8.05. The van der Waals surface area contributed by atoms with Crippen molar-refractivity contribution in [1.29, 1.82) is 0 Å². The predicted octanol–water partition coefficient (Wildman–Crippen LogP) is 3.94. The molecule has 1 saturated heterocycles. The maximum Gasteiger partial charge on any atom is 0.334 e. The molecule has 5 heteroatoms. The predicted molar refractivity (Wildman–Crippen MR) is 98.1 cm³/mol. The largest absolute Gasteiger partial charge is 0.466 e. The van der Waals surface area contributed by atoms with Crippen LogP contribution in [0.15, 0.2) is 29.8 Å². The number of ether oxygens (including phenoxy) is 1. The fourth-order valence-electron chi connectivity index (χ4n) is 3.96. The van der Waals surface area contributed by atoms with E-state index in [1.807, 2.05) is 17.0 Å². The van der Waals surface area contributed by atoms with Crippen LogP contribution in [0.4, 0.5) is 0 Å². The van der Waals surface area contributed by atoms with Crippen LogP contribution in [0.25, 0.3) is 6.08 Å². The van der Waals surface area contributed by atoms with Gasteiger partial charge in [-0.1, -0.05) is 36.6 Å². The minimum absolute atomic E-state index is 0.0139. The number of carbonyl (C=O) groups excluding carboxylic acids is 2. The Morgan fingerprint density at radius 3 is 2.32 bits per heavy atom. The van der Waals surface area contributed by atoms with E-state index in [2.05, 4.69) is 0 Å². The molecule has 1 heterocycles. The molecule has 0 bridgehead atoms. The van der Waals surface area contributed by atoms with Crippen LogP contribution >= 0.6 is 11.6 Å². The van der Waals surface area contributed by atoms with Gasteiger partial charge in [-0.15, -0.1) is 0 Å². The first-order chi connectivity index (χ1) is 12.1. The molecule has 2 atom stereocenters. The topological polar surface area (TPSA) is 46.6 Å². The summed E-state index contributed by atoms with van der Waals surface area (Å²) in [7, 11) is 1.34. The molecular weight excluding hydrogens is 338 g/mol. The molecule has 0 spiro atoms. The van der Waals surface area contributed by atoms with Crippen molar-refractivity contribution >= 4 is 29.6 Å². The van der Waals surface area contributed by atoms with Crippen LogP contribution in [-0.4, -0.2) is 37.0 Å². The van der Waals surface area contributed by atoms with Crippen LogP contribution in [-0.2, 0) is 14.3 Å². The third-order valence-electron chi connectivity index (χ3n) is 5.33. The number of methoxy groups -OCH3 is 1. The van der Waals surface area contributed by atoms with Gasteiger partial charge in [0.1, 0.15) is 0 Å². The molecule has 1 amide bonds. The Morgan fingerprint density at radius 1 is 1.16 bits per heavy atom. The fraction of sp³-hybridized carbons (Fsp3) is 0.500. The molecule has 1 aliphatic carbocycles. The van der Waals surface area contributed by atoms with E-state index in [-0.39, 0.29) is 12.3 Å². The quantitative estimate of drug-likeness (QED) is 0.603. The van der Waals surface area contributed by atoms with Gasteiger partial charge in [0.25, 0.3) is 0 Å². The minimum Gasteiger partial charge on any atom is -0.466 e. The number of hydrogen-bond acceptors (Lipinski definition) is 3. The summed E-state index contributed by atoms with van der Waals surface area (Å²) >= 11 is 5.90. The van der Waals surface area contributed by atoms with E-state index in [1.165, 1.54) is 32.8 Å². The molecule has 3 rings (SSSR count). The zero-order valence-corrected chi connectivity index (χ0v) is 15.3. The summed E-state index contributed by atoms with van der Waals surface area (Å²) in [6.07, 6.45) is 6.77. The minimum atomic E-state index is -0.458. The van der Waals surface area contributed by atoms with Crippen molar-refractivity contribution in [2.75, 3.05) is 20.2 Å². The Balaban J connectivity index is 1.71. The lowest BCUT2D eigenvalue weighted by molar-refractivity contribution is -0.138. The molecule has 0 aromatic heterocycles. The molecule has 0 N–H and O–H groups in total. The first-order valence-corrected chi connectivity index (χ1v) is 9.27. The molecule has 25 heavy (non-hydrogen) atoms. The van der Waals surface area contributed by atoms with Gasteiger partial charge in [-0.2, -0.15) is 0 Å². The van der Waals surface area contributed by atoms with E-state index in [1.54, 1.807) is 18.2 Å². The van der Waals surface area contributed by atoms with Crippen LogP contribution in [0.3, 0.4) is 0 Å². The average molecular weight is 362 g/mol. The van der Waals surface area contributed by atoms with E-state index < -0.39 is 5.97 Å². The third kappa shape index (κ3) is 4.43. The first-order valence-electron chi connectivity index (χ1n) is 8.89. The lowest BCUT2D eigenvalue weighted by Crippen LogP contribution is -2.30. The molecule has 1 saturated carbocycles. The zero-order chi connectivity index (χ0) is 17.8. The number of halogens is 1. The number of likely N-dealkylation sites (tertiary alicyclic amines) is 1. The van der Waals surface area contributed by atoms with Gasteiger partial charge in [0.05, 0.1) is 13.5 Å². The number of nitrogens with zero attached hydrogens (tertiary/aromatic N) is 1. The second-order valence-electron chi connectivity index (χ2n) is 6.99. The summed E-state index contributed by atoms with van der Waals surface area (Å²) in [6, 6.07) is 7.16. The molecule has 0 radical (unpaired) electrons. The van der Waals surface area contributed by atoms with Gasteiger partial charge >= 0.3 is 5.97 Å². The number of esters is 1. The maximum atomic E-state index is 12.7. The molecule has 134 valence electrons. The van der Waals surface area contributed by atoms with E-state index in [4.69, 9.17) is 16.3 Å². The van der Waals surface area contributed by atoms with Crippen molar-refractivity contribution in [2.45, 2.75) is 32.1 Å². The Hall–Kier alpha value is -1.81. The summed E-state index contributed by atoms with van der Waals surface area (Å²) in [4.78, 5) is 26.7. The summed E-state index contributed by atoms with van der Waals surface area (Å²) in [5.41, 5.74) is 1.21. The van der Waals surface area contributed by atoms with Gasteiger partial charge in [-0.25, -0.2) is 4.79 Å². The van der Waals surface area contributed by atoms with Gasteiger partial charge in [0.15, 0.2) is 0 Å². The monoisotopic (exact) mass is 361 g/mol. The summed E-state index contributed by atoms with van der Waals surface area (Å²) in [5.74, 6) is 0.832. The van der Waals surface area contributed by atoms with E-state index in [9.17, 15) is 9.59 Å². The number of amides is 1. The van der Waals surface area contributed by atoms with E-state index >= 15 is 0 Å². The summed E-state index contributed by atoms with van der Waals surface area (Å²) in [5, 5.41) is 0.632. The van der Waals surface area contributed by atoms with Crippen LogP contribution in [0.2, 0.25) is 5.02 Å². The second-order valence-corrected chi connectivity index (χ2v) is 7.43. The van der Waals surface area contributed by atoms with Crippen LogP contribution in [0.5, 0.6) is 0 Å². The van der Waals surface area contributed by atoms with E-state index in [0.717, 1.165) is 18.7 Å². The fourth-order valence-corrected chi connectivity index (χ4v) is 4.08. The Labute approximate surface area is 153 Å². The van der Waals surface area contributed by atoms with Gasteiger partial charge < -0.3 is 9.64 Å². The SMILES string of the molecule is COC(=O)C(=Cc1ccc(Cl)cc1)CC(=O)N1C[C@H]2CCCC[C@H]2C1. The van der Waals surface area contributed by atoms with Crippen molar-refractivity contribution < 1.29 is 14.3 Å². The normalized spacial score (nSPS) is 23.3. The highest BCUT2D eigenvalue weighted by Gasteiger charge is 2.36. The average Bonchev–Trinajstić information content (AvgIpc) is 3.06. The van der Waals surface area contributed by atoms with Crippen molar-refractivity contribution in [3.8, 4) is 0 Å². The smallest absolute Gasteiger partial charge is 0.334 e. The highest BCUT2D eigenvalue weighted by molar-refractivity contribution is 6.30. The van der Waals surface area contributed by atoms with Crippen molar-refractivity contribution in [2.24, 2.45) is 11.8 Å². The Morgan fingerprint density at radius 2 is 1.76 bits per heavy atom. The lowest BCUT2D eigenvalue weighted by atomic mass is 9.82. The number of carbonyl (C=O) groups is 2. The third-order valence-corrected chi connectivity index (χ3v) is 5.58. The highest BCUT2D eigenvalue weighted by Crippen LogP contribution is 2.36. The molecule has 2 fully saturated rings. The van der Waals surface area contributed by atoms with Crippen LogP contribution in [0, 0.1) is 11.8 Å². The molecule has 4 nitrogen and oxygen atoms in total. The van der Waals surface area contributed by atoms with Gasteiger partial charge in [-0.3, -0.25) is 4.79 Å². The summed E-state index contributed by atoms with van der Waals surface area (Å²) in [6.45, 7) is 1.66. The van der Waals surface area contributed by atoms with Gasteiger partial charge in [0.2, 0.25) is 5.91 Å². The van der Waals surface area contributed by atoms with Crippen LogP contribution in [0.1, 0.15) is 37.7 Å². The Kier molecular flexibility index (Phi) is 5.79. The van der Waals surface area contributed by atoms with E-state index in [0.29, 0.717) is 22.4 Å². The first kappa shape index (κ1) is 18.0. The summed E-state index contributed by atoms with van der Waals surface area (Å²) < 4.78 is 4.86. The molecule has 1 aromatic rings. The number of benzene rings is 1. The molecule has 1 aliphatic heterocycles. The number of hydrogen-bond donors (Lipinski definition) is 0. The van der Waals surface area contributed by atoms with Gasteiger partial charge in [0, 0.05) is 23.7 Å². The maximum absolute atomic E-state index is 12.7. The van der Waals surface area contributed by atoms with Crippen molar-refractivity contribution in [1.82, 2.24) is 4.90 Å². The Bertz CT molecular complexity index is 654. The van der Waals surface area contributed by atoms with Gasteiger partial charge in [-0.05, 0) is 48.4 Å². The van der Waals surface area contributed by atoms with Crippen molar-refractivity contribution in [3.63, 3.8) is 0 Å². The highest BCUT2D eigenvalue weighted by atomic mass is 35.5. The molecule has 1 aromatic carbocycles. The number of fused-ring (bicyclic) bond motifs is 1. The number of rotatable bonds is 4. The van der Waals surface area contributed by atoms with Crippen molar-refractivity contribution in [3.05, 3.63) is 40.4 Å². The zero-order valence-electron chi connectivity index (χ0n) is 14.5. The molecule has 2 aliphatic rings. The standard InChI is InChI=1S/C20H24ClNO3/c1-25-20(24)17(10-14-6-8-18(21)9-7-14)11-19(23)22-12-15-4-2-3-5-16(15)13-22/h6-10,15-16H,2-5,11-13H2,1H3/t15-,16+. The lowest BCUT2D eigenvalue weighted by Gasteiger charge is -2.22. The van der Waals surface area contributed by atoms with Crippen LogP contribution < -0.4 is 0 Å².